The van der Waals surface area contributed by atoms with Gasteiger partial charge in [-0.25, -0.2) is 0 Å². The van der Waals surface area contributed by atoms with Crippen LogP contribution in [-0.2, 0) is 14.3 Å². The summed E-state index contributed by atoms with van der Waals surface area (Å²) in [5.41, 5.74) is 0. The zero-order chi connectivity index (χ0) is 19.7. The second-order valence-corrected chi connectivity index (χ2v) is 7.91. The van der Waals surface area contributed by atoms with Crippen LogP contribution in [0.4, 0.5) is 0 Å². The van der Waals surface area contributed by atoms with Gasteiger partial charge in [0, 0.05) is 0 Å². The van der Waals surface area contributed by atoms with Gasteiger partial charge < -0.3 is 9.84 Å². The van der Waals surface area contributed by atoms with E-state index in [1.807, 2.05) is 6.08 Å². The van der Waals surface area contributed by atoms with E-state index < -0.39 is 17.8 Å². The molecular formula is C23H40O4. The Morgan fingerprint density at radius 2 is 1.41 bits per heavy atom. The van der Waals surface area contributed by atoms with Crippen LogP contribution in [0.25, 0.3) is 0 Å². The van der Waals surface area contributed by atoms with Crippen LogP contribution in [0.1, 0.15) is 103 Å². The van der Waals surface area contributed by atoms with Gasteiger partial charge in [-0.1, -0.05) is 89.7 Å². The second kappa shape index (κ2) is 15.7. The number of hydrogen-bond acceptors (Lipinski definition) is 3. The van der Waals surface area contributed by atoms with Gasteiger partial charge in [-0.3, -0.25) is 9.59 Å². The normalized spacial score (nSPS) is 20.0. The third-order valence-corrected chi connectivity index (χ3v) is 5.60. The number of unbranched alkanes of at least 4 members (excludes halogenated alkanes) is 10. The van der Waals surface area contributed by atoms with Crippen molar-refractivity contribution in [3.05, 3.63) is 12.2 Å². The number of aliphatic carboxylic acids is 1. The summed E-state index contributed by atoms with van der Waals surface area (Å²) in [6, 6.07) is 0. The number of ether oxygens (including phenoxy) is 1. The van der Waals surface area contributed by atoms with Gasteiger partial charge in [0.05, 0.1) is 11.8 Å². The van der Waals surface area contributed by atoms with Crippen molar-refractivity contribution in [2.24, 2.45) is 11.8 Å². The molecule has 0 bridgehead atoms. The Labute approximate surface area is 165 Å². The van der Waals surface area contributed by atoms with Crippen LogP contribution in [0.15, 0.2) is 12.2 Å². The Hall–Kier alpha value is -1.32. The highest BCUT2D eigenvalue weighted by Gasteiger charge is 2.36. The maximum Gasteiger partial charge on any atom is 0.310 e. The summed E-state index contributed by atoms with van der Waals surface area (Å²) in [4.78, 5) is 23.4. The van der Waals surface area contributed by atoms with E-state index in [0.717, 1.165) is 19.3 Å². The van der Waals surface area contributed by atoms with E-state index in [1.165, 1.54) is 64.2 Å². The van der Waals surface area contributed by atoms with Gasteiger partial charge in [-0.15, -0.1) is 0 Å². The van der Waals surface area contributed by atoms with Crippen LogP contribution in [0.5, 0.6) is 0 Å². The summed E-state index contributed by atoms with van der Waals surface area (Å²) in [6.07, 6.45) is 21.4. The van der Waals surface area contributed by atoms with E-state index in [-0.39, 0.29) is 12.6 Å². The van der Waals surface area contributed by atoms with Crippen molar-refractivity contribution < 1.29 is 19.4 Å². The number of rotatable bonds is 15. The average molecular weight is 381 g/mol. The zero-order valence-electron chi connectivity index (χ0n) is 17.3. The molecule has 0 amide bonds. The molecule has 2 atom stereocenters. The van der Waals surface area contributed by atoms with Crippen molar-refractivity contribution in [3.8, 4) is 0 Å². The van der Waals surface area contributed by atoms with Gasteiger partial charge in [0.15, 0.2) is 0 Å². The molecule has 0 heterocycles. The van der Waals surface area contributed by atoms with Crippen LogP contribution >= 0.6 is 0 Å². The first kappa shape index (κ1) is 23.7. The molecule has 0 aromatic rings. The third-order valence-electron chi connectivity index (χ3n) is 5.60. The maximum absolute atomic E-state index is 12.1. The monoisotopic (exact) mass is 380 g/mol. The summed E-state index contributed by atoms with van der Waals surface area (Å²) in [5, 5.41) is 9.23. The molecule has 4 nitrogen and oxygen atoms in total. The van der Waals surface area contributed by atoms with Crippen LogP contribution in [0, 0.1) is 11.8 Å². The zero-order valence-corrected chi connectivity index (χ0v) is 17.3. The van der Waals surface area contributed by atoms with E-state index in [4.69, 9.17) is 4.74 Å². The molecule has 0 aliphatic heterocycles. The molecule has 1 N–H and O–H groups in total. The van der Waals surface area contributed by atoms with E-state index >= 15 is 0 Å². The standard InChI is InChI=1S/C23H40O4/c1-2-3-4-5-6-7-8-9-10-11-12-13-16-19-27-23(26)21-18-15-14-17-20(21)22(24)25/h13,16,20-21H,2-12,14-15,17-19H2,1H3,(H,24,25)/b16-13+. The summed E-state index contributed by atoms with van der Waals surface area (Å²) in [5.74, 6) is -2.24. The maximum atomic E-state index is 12.1. The fourth-order valence-corrected chi connectivity index (χ4v) is 3.88. The van der Waals surface area contributed by atoms with Crippen molar-refractivity contribution in [1.29, 1.82) is 0 Å². The first-order valence-corrected chi connectivity index (χ1v) is 11.2. The Morgan fingerprint density at radius 3 is 2.00 bits per heavy atom. The first-order valence-electron chi connectivity index (χ1n) is 11.2. The lowest BCUT2D eigenvalue weighted by Gasteiger charge is -2.26. The Balaban J connectivity index is 1.98. The largest absolute Gasteiger partial charge is 0.481 e. The Kier molecular flexibility index (Phi) is 13.8. The molecule has 27 heavy (non-hydrogen) atoms. The van der Waals surface area contributed by atoms with E-state index in [9.17, 15) is 14.7 Å². The topological polar surface area (TPSA) is 63.6 Å². The smallest absolute Gasteiger partial charge is 0.310 e. The average Bonchev–Trinajstić information content (AvgIpc) is 2.68. The summed E-state index contributed by atoms with van der Waals surface area (Å²) >= 11 is 0. The van der Waals surface area contributed by atoms with E-state index in [2.05, 4.69) is 13.0 Å². The molecule has 0 spiro atoms. The highest BCUT2D eigenvalue weighted by molar-refractivity contribution is 5.81. The minimum absolute atomic E-state index is 0.263. The predicted molar refractivity (Wildman–Crippen MR) is 110 cm³/mol. The van der Waals surface area contributed by atoms with Crippen LogP contribution in [0.2, 0.25) is 0 Å². The molecule has 1 aliphatic carbocycles. The van der Waals surface area contributed by atoms with Crippen molar-refractivity contribution >= 4 is 11.9 Å². The van der Waals surface area contributed by atoms with Gasteiger partial charge in [0.1, 0.15) is 6.61 Å². The van der Waals surface area contributed by atoms with E-state index in [0.29, 0.717) is 12.8 Å². The minimum Gasteiger partial charge on any atom is -0.481 e. The molecule has 2 unspecified atom stereocenters. The number of hydrogen-bond donors (Lipinski definition) is 1. The summed E-state index contributed by atoms with van der Waals surface area (Å²) in [6.45, 7) is 2.52. The van der Waals surface area contributed by atoms with Crippen molar-refractivity contribution in [2.75, 3.05) is 6.61 Å². The van der Waals surface area contributed by atoms with Gasteiger partial charge in [0.2, 0.25) is 0 Å². The van der Waals surface area contributed by atoms with Gasteiger partial charge in [-0.05, 0) is 25.7 Å². The van der Waals surface area contributed by atoms with Crippen LogP contribution < -0.4 is 0 Å². The van der Waals surface area contributed by atoms with Crippen molar-refractivity contribution in [1.82, 2.24) is 0 Å². The fourth-order valence-electron chi connectivity index (χ4n) is 3.88. The SMILES string of the molecule is CCCCCCCCCCCC/C=C/COC(=O)C1CCCCC1C(=O)O. The van der Waals surface area contributed by atoms with Crippen molar-refractivity contribution in [3.63, 3.8) is 0 Å². The number of carbonyl (C=O) groups excluding carboxylic acids is 1. The molecule has 1 aliphatic rings. The number of carboxylic acid groups (broad SMARTS) is 1. The lowest BCUT2D eigenvalue weighted by Crippen LogP contribution is -2.33. The quantitative estimate of drug-likeness (QED) is 0.206. The van der Waals surface area contributed by atoms with Crippen LogP contribution in [-0.4, -0.2) is 23.7 Å². The molecule has 0 saturated heterocycles. The number of carbonyl (C=O) groups is 2. The van der Waals surface area contributed by atoms with E-state index in [1.54, 1.807) is 0 Å². The lowest BCUT2D eigenvalue weighted by molar-refractivity contribution is -0.158. The Bertz CT molecular complexity index is 430. The molecular weight excluding hydrogens is 340 g/mol. The first-order chi connectivity index (χ1) is 13.2. The van der Waals surface area contributed by atoms with Crippen molar-refractivity contribution in [2.45, 2.75) is 103 Å². The highest BCUT2D eigenvalue weighted by Crippen LogP contribution is 2.31. The summed E-state index contributed by atoms with van der Waals surface area (Å²) < 4.78 is 5.27. The fraction of sp³-hybridized carbons (Fsp3) is 0.826. The highest BCUT2D eigenvalue weighted by atomic mass is 16.5. The number of esters is 1. The molecule has 0 aromatic carbocycles. The molecule has 1 rings (SSSR count). The van der Waals surface area contributed by atoms with Gasteiger partial charge in [-0.2, -0.15) is 0 Å². The molecule has 1 saturated carbocycles. The molecule has 4 heteroatoms. The van der Waals surface area contributed by atoms with Gasteiger partial charge in [0.25, 0.3) is 0 Å². The molecule has 156 valence electrons. The second-order valence-electron chi connectivity index (χ2n) is 7.91. The molecule has 0 radical (unpaired) electrons. The number of carboxylic acids is 1. The molecule has 0 aromatic heterocycles. The number of allylic oxidation sites excluding steroid dienone is 1. The minimum atomic E-state index is -0.867. The molecule has 1 fully saturated rings. The third kappa shape index (κ3) is 11.2. The lowest BCUT2D eigenvalue weighted by atomic mass is 9.79. The predicted octanol–water partition coefficient (Wildman–Crippen LogP) is 6.29. The Morgan fingerprint density at radius 1 is 0.852 bits per heavy atom. The summed E-state index contributed by atoms with van der Waals surface area (Å²) in [7, 11) is 0. The van der Waals surface area contributed by atoms with Crippen LogP contribution in [0.3, 0.4) is 0 Å². The van der Waals surface area contributed by atoms with Gasteiger partial charge >= 0.3 is 11.9 Å².